The molecule has 0 spiro atoms. The molecule has 4 nitrogen and oxygen atoms in total. The molecule has 2 aromatic carbocycles. The van der Waals surface area contributed by atoms with Gasteiger partial charge in [0.15, 0.2) is 6.61 Å². The number of rotatable bonds is 10. The Labute approximate surface area is 156 Å². The van der Waals surface area contributed by atoms with Crippen molar-refractivity contribution in [3.63, 3.8) is 0 Å². The van der Waals surface area contributed by atoms with Crippen LogP contribution in [0.3, 0.4) is 0 Å². The molecular formula is C22H29NO3. The van der Waals surface area contributed by atoms with E-state index < -0.39 is 0 Å². The highest BCUT2D eigenvalue weighted by Crippen LogP contribution is 2.21. The van der Waals surface area contributed by atoms with Crippen LogP contribution in [0.1, 0.15) is 51.5 Å². The first-order valence-electron chi connectivity index (χ1n) is 9.37. The Morgan fingerprint density at radius 1 is 0.962 bits per heavy atom. The maximum Gasteiger partial charge on any atom is 0.262 e. The zero-order valence-electron chi connectivity index (χ0n) is 16.0. The molecule has 0 heterocycles. The lowest BCUT2D eigenvalue weighted by molar-refractivity contribution is -0.118. The van der Waals surface area contributed by atoms with Gasteiger partial charge in [0.25, 0.3) is 5.91 Å². The van der Waals surface area contributed by atoms with Gasteiger partial charge in [-0.15, -0.1) is 0 Å². The third kappa shape index (κ3) is 6.43. The molecule has 2 aromatic rings. The van der Waals surface area contributed by atoms with Crippen molar-refractivity contribution < 1.29 is 14.3 Å². The van der Waals surface area contributed by atoms with E-state index >= 15 is 0 Å². The quantitative estimate of drug-likeness (QED) is 0.581. The van der Waals surface area contributed by atoms with Gasteiger partial charge in [-0.1, -0.05) is 39.3 Å². The first kappa shape index (κ1) is 19.8. The zero-order valence-corrected chi connectivity index (χ0v) is 16.0. The molecule has 0 aromatic heterocycles. The van der Waals surface area contributed by atoms with Gasteiger partial charge in [0.2, 0.25) is 0 Å². The van der Waals surface area contributed by atoms with Crippen molar-refractivity contribution in [2.45, 2.75) is 46.0 Å². The van der Waals surface area contributed by atoms with Crippen molar-refractivity contribution in [2.75, 3.05) is 18.5 Å². The highest BCUT2D eigenvalue weighted by Gasteiger charge is 2.06. The normalized spacial score (nSPS) is 11.7. The number of carbonyl (C=O) groups excluding carboxylic acids is 1. The maximum absolute atomic E-state index is 12.0. The van der Waals surface area contributed by atoms with Crippen molar-refractivity contribution in [3.05, 3.63) is 54.1 Å². The summed E-state index contributed by atoms with van der Waals surface area (Å²) in [5.74, 6) is 1.86. The second kappa shape index (κ2) is 10.5. The molecule has 0 radical (unpaired) electrons. The Morgan fingerprint density at radius 3 is 2.19 bits per heavy atom. The van der Waals surface area contributed by atoms with Crippen LogP contribution in [0.2, 0.25) is 0 Å². The third-order valence-electron chi connectivity index (χ3n) is 4.34. The lowest BCUT2D eigenvalue weighted by Gasteiger charge is -2.11. The molecule has 26 heavy (non-hydrogen) atoms. The van der Waals surface area contributed by atoms with Gasteiger partial charge in [0.1, 0.15) is 11.5 Å². The van der Waals surface area contributed by atoms with E-state index in [0.717, 1.165) is 30.7 Å². The summed E-state index contributed by atoms with van der Waals surface area (Å²) >= 11 is 0. The number of hydrogen-bond donors (Lipinski definition) is 1. The van der Waals surface area contributed by atoms with Crippen molar-refractivity contribution in [2.24, 2.45) is 0 Å². The second-order valence-electron chi connectivity index (χ2n) is 6.44. The summed E-state index contributed by atoms with van der Waals surface area (Å²) in [6.07, 6.45) is 3.24. The molecule has 140 valence electrons. The van der Waals surface area contributed by atoms with Gasteiger partial charge in [-0.3, -0.25) is 4.79 Å². The number of amides is 1. The molecule has 0 aliphatic heterocycles. The van der Waals surface area contributed by atoms with Crippen LogP contribution in [-0.4, -0.2) is 19.1 Å². The minimum absolute atomic E-state index is 0.0164. The standard InChI is InChI=1S/C22H29NO3/c1-4-6-15-25-20-13-9-19(10-14-20)23-22(24)16-26-21-11-7-18(8-12-21)17(3)5-2/h7-14,17H,4-6,15-16H2,1-3H3,(H,23,24). The van der Waals surface area contributed by atoms with E-state index in [-0.39, 0.29) is 12.5 Å². The highest BCUT2D eigenvalue weighted by molar-refractivity contribution is 5.91. The number of carbonyl (C=O) groups is 1. The SMILES string of the molecule is CCCCOc1ccc(NC(=O)COc2ccc(C(C)CC)cc2)cc1. The molecular weight excluding hydrogens is 326 g/mol. The summed E-state index contributed by atoms with van der Waals surface area (Å²) in [6.45, 7) is 7.19. The summed E-state index contributed by atoms with van der Waals surface area (Å²) in [6, 6.07) is 15.3. The van der Waals surface area contributed by atoms with E-state index in [4.69, 9.17) is 9.47 Å². The Morgan fingerprint density at radius 2 is 1.58 bits per heavy atom. The van der Waals surface area contributed by atoms with Crippen LogP contribution in [0.4, 0.5) is 5.69 Å². The molecule has 1 unspecified atom stereocenters. The Balaban J connectivity index is 1.77. The molecule has 1 atom stereocenters. The van der Waals surface area contributed by atoms with E-state index in [1.54, 1.807) is 0 Å². The Hall–Kier alpha value is -2.49. The van der Waals surface area contributed by atoms with Gasteiger partial charge >= 0.3 is 0 Å². The summed E-state index contributed by atoms with van der Waals surface area (Å²) in [5.41, 5.74) is 2.01. The third-order valence-corrected chi connectivity index (χ3v) is 4.34. The fourth-order valence-corrected chi connectivity index (χ4v) is 2.44. The van der Waals surface area contributed by atoms with Gasteiger partial charge in [0.05, 0.1) is 6.61 Å². The summed E-state index contributed by atoms with van der Waals surface area (Å²) in [7, 11) is 0. The average Bonchev–Trinajstić information content (AvgIpc) is 2.68. The number of unbranched alkanes of at least 4 members (excludes halogenated alkanes) is 1. The molecule has 4 heteroatoms. The Kier molecular flexibility index (Phi) is 8.00. The minimum atomic E-state index is -0.185. The van der Waals surface area contributed by atoms with Gasteiger partial charge in [-0.05, 0) is 60.7 Å². The maximum atomic E-state index is 12.0. The molecule has 1 N–H and O–H groups in total. The first-order valence-corrected chi connectivity index (χ1v) is 9.37. The van der Waals surface area contributed by atoms with Gasteiger partial charge in [-0.25, -0.2) is 0 Å². The fourth-order valence-electron chi connectivity index (χ4n) is 2.44. The van der Waals surface area contributed by atoms with Crippen LogP contribution in [0, 0.1) is 0 Å². The second-order valence-corrected chi connectivity index (χ2v) is 6.44. The Bertz CT molecular complexity index is 665. The molecule has 1 amide bonds. The molecule has 0 fully saturated rings. The average molecular weight is 355 g/mol. The molecule has 0 saturated carbocycles. The van der Waals surface area contributed by atoms with Crippen LogP contribution in [0.25, 0.3) is 0 Å². The van der Waals surface area contributed by atoms with Crippen LogP contribution in [0.5, 0.6) is 11.5 Å². The molecule has 0 saturated heterocycles. The number of ether oxygens (including phenoxy) is 2. The lowest BCUT2D eigenvalue weighted by atomic mass is 9.99. The van der Waals surface area contributed by atoms with E-state index in [9.17, 15) is 4.79 Å². The molecule has 2 rings (SSSR count). The summed E-state index contributed by atoms with van der Waals surface area (Å²) in [4.78, 5) is 12.0. The van der Waals surface area contributed by atoms with Crippen molar-refractivity contribution >= 4 is 11.6 Å². The van der Waals surface area contributed by atoms with Crippen molar-refractivity contribution in [1.29, 1.82) is 0 Å². The van der Waals surface area contributed by atoms with E-state index in [0.29, 0.717) is 18.3 Å². The fraction of sp³-hybridized carbons (Fsp3) is 0.409. The number of anilines is 1. The van der Waals surface area contributed by atoms with E-state index in [1.807, 2.05) is 36.4 Å². The van der Waals surface area contributed by atoms with E-state index in [1.165, 1.54) is 5.56 Å². The van der Waals surface area contributed by atoms with Crippen LogP contribution in [0.15, 0.2) is 48.5 Å². The predicted octanol–water partition coefficient (Wildman–Crippen LogP) is 5.40. The molecule has 0 bridgehead atoms. The first-order chi connectivity index (χ1) is 12.6. The zero-order chi connectivity index (χ0) is 18.8. The minimum Gasteiger partial charge on any atom is -0.494 e. The number of benzene rings is 2. The van der Waals surface area contributed by atoms with Crippen molar-refractivity contribution in [3.8, 4) is 11.5 Å². The van der Waals surface area contributed by atoms with Gasteiger partial charge in [0, 0.05) is 5.69 Å². The lowest BCUT2D eigenvalue weighted by Crippen LogP contribution is -2.20. The van der Waals surface area contributed by atoms with Gasteiger partial charge in [-0.2, -0.15) is 0 Å². The van der Waals surface area contributed by atoms with Crippen molar-refractivity contribution in [1.82, 2.24) is 0 Å². The van der Waals surface area contributed by atoms with E-state index in [2.05, 4.69) is 38.2 Å². The topological polar surface area (TPSA) is 47.6 Å². The molecule has 0 aliphatic rings. The monoisotopic (exact) mass is 355 g/mol. The summed E-state index contributed by atoms with van der Waals surface area (Å²) in [5, 5.41) is 2.83. The predicted molar refractivity (Wildman–Crippen MR) is 106 cm³/mol. The molecule has 0 aliphatic carbocycles. The smallest absolute Gasteiger partial charge is 0.262 e. The largest absolute Gasteiger partial charge is 0.494 e. The number of nitrogens with one attached hydrogen (secondary N) is 1. The van der Waals surface area contributed by atoms with Crippen LogP contribution in [-0.2, 0) is 4.79 Å². The summed E-state index contributed by atoms with van der Waals surface area (Å²) < 4.78 is 11.2. The van der Waals surface area contributed by atoms with Gasteiger partial charge < -0.3 is 14.8 Å². The number of hydrogen-bond acceptors (Lipinski definition) is 3. The highest BCUT2D eigenvalue weighted by atomic mass is 16.5. The van der Waals surface area contributed by atoms with Crippen LogP contribution < -0.4 is 14.8 Å². The van der Waals surface area contributed by atoms with Crippen LogP contribution >= 0.6 is 0 Å².